The largest absolute Gasteiger partial charge is 0.399 e. The van der Waals surface area contributed by atoms with Gasteiger partial charge >= 0.3 is 0 Å². The van der Waals surface area contributed by atoms with E-state index in [9.17, 15) is 9.18 Å². The van der Waals surface area contributed by atoms with Crippen molar-refractivity contribution in [2.75, 3.05) is 17.2 Å². The topological polar surface area (TPSA) is 46.3 Å². The quantitative estimate of drug-likeness (QED) is 0.865. The first-order valence-electron chi connectivity index (χ1n) is 6.14. The van der Waals surface area contributed by atoms with Crippen LogP contribution >= 0.6 is 15.9 Å². The van der Waals surface area contributed by atoms with Crippen LogP contribution in [0.5, 0.6) is 0 Å². The maximum atomic E-state index is 13.0. The van der Waals surface area contributed by atoms with E-state index in [0.717, 1.165) is 4.47 Å². The summed E-state index contributed by atoms with van der Waals surface area (Å²) >= 11 is 3.32. The minimum absolute atomic E-state index is 0.174. The molecule has 2 rings (SSSR count). The van der Waals surface area contributed by atoms with Crippen molar-refractivity contribution in [3.8, 4) is 0 Å². The van der Waals surface area contributed by atoms with Gasteiger partial charge in [-0.3, -0.25) is 4.79 Å². The average Bonchev–Trinajstić information content (AvgIpc) is 2.40. The first kappa shape index (κ1) is 14.5. The molecule has 0 bridgehead atoms. The van der Waals surface area contributed by atoms with Crippen LogP contribution in [0.2, 0.25) is 0 Å². The van der Waals surface area contributed by atoms with Crippen LogP contribution in [-0.4, -0.2) is 12.5 Å². The lowest BCUT2D eigenvalue weighted by molar-refractivity contribution is 0.0988. The van der Waals surface area contributed by atoms with Gasteiger partial charge in [-0.2, -0.15) is 0 Å². The van der Waals surface area contributed by atoms with Crippen LogP contribution in [0.1, 0.15) is 17.3 Å². The van der Waals surface area contributed by atoms with Crippen molar-refractivity contribution in [2.24, 2.45) is 0 Å². The van der Waals surface area contributed by atoms with E-state index in [1.54, 1.807) is 35.2 Å². The fraction of sp³-hybridized carbons (Fsp3) is 0.133. The summed E-state index contributed by atoms with van der Waals surface area (Å²) in [6, 6.07) is 10.9. The first-order valence-corrected chi connectivity index (χ1v) is 6.94. The van der Waals surface area contributed by atoms with Gasteiger partial charge in [0, 0.05) is 28.0 Å². The van der Waals surface area contributed by atoms with Gasteiger partial charge in [-0.25, -0.2) is 4.39 Å². The van der Waals surface area contributed by atoms with E-state index in [1.807, 2.05) is 6.92 Å². The fourth-order valence-corrected chi connectivity index (χ4v) is 2.47. The van der Waals surface area contributed by atoms with Gasteiger partial charge in [-0.05, 0) is 49.4 Å². The summed E-state index contributed by atoms with van der Waals surface area (Å²) in [5.41, 5.74) is 7.40. The van der Waals surface area contributed by atoms with Gasteiger partial charge in [0.1, 0.15) is 5.82 Å². The molecule has 0 aliphatic heterocycles. The molecule has 2 aromatic carbocycles. The predicted octanol–water partition coefficient (Wildman–Crippen LogP) is 3.84. The van der Waals surface area contributed by atoms with Crippen molar-refractivity contribution < 1.29 is 9.18 Å². The number of nitrogens with zero attached hydrogens (tertiary/aromatic N) is 1. The van der Waals surface area contributed by atoms with Gasteiger partial charge < -0.3 is 10.6 Å². The zero-order valence-electron chi connectivity index (χ0n) is 10.9. The molecule has 0 aliphatic carbocycles. The number of benzene rings is 2. The van der Waals surface area contributed by atoms with E-state index in [2.05, 4.69) is 15.9 Å². The van der Waals surface area contributed by atoms with Crippen molar-refractivity contribution in [2.45, 2.75) is 6.92 Å². The molecule has 2 aromatic rings. The molecule has 0 heterocycles. The SMILES string of the molecule is CCN(C(=O)c1cc(N)cc(Br)c1)c1ccc(F)cc1. The number of nitrogens with two attached hydrogens (primary N) is 1. The number of carbonyl (C=O) groups is 1. The molecule has 20 heavy (non-hydrogen) atoms. The molecule has 0 aliphatic rings. The summed E-state index contributed by atoms with van der Waals surface area (Å²) in [6.07, 6.45) is 0. The summed E-state index contributed by atoms with van der Waals surface area (Å²) in [6.45, 7) is 2.35. The molecule has 0 saturated heterocycles. The zero-order valence-corrected chi connectivity index (χ0v) is 12.5. The first-order chi connectivity index (χ1) is 9.51. The zero-order chi connectivity index (χ0) is 14.7. The van der Waals surface area contributed by atoms with Crippen LogP contribution in [0.25, 0.3) is 0 Å². The Kier molecular flexibility index (Phi) is 4.39. The number of hydrogen-bond donors (Lipinski definition) is 1. The number of hydrogen-bond acceptors (Lipinski definition) is 2. The molecule has 0 radical (unpaired) electrons. The van der Waals surface area contributed by atoms with E-state index in [-0.39, 0.29) is 11.7 Å². The lowest BCUT2D eigenvalue weighted by Gasteiger charge is -2.21. The lowest BCUT2D eigenvalue weighted by atomic mass is 10.1. The molecule has 104 valence electrons. The molecule has 0 aromatic heterocycles. The van der Waals surface area contributed by atoms with E-state index in [1.165, 1.54) is 12.1 Å². The third kappa shape index (κ3) is 3.17. The standard InChI is InChI=1S/C15H14BrFN2O/c1-2-19(14-5-3-12(17)4-6-14)15(20)10-7-11(16)9-13(18)8-10/h3-9H,2,18H2,1H3. The molecule has 0 atom stereocenters. The number of amides is 1. The summed E-state index contributed by atoms with van der Waals surface area (Å²) in [4.78, 5) is 14.1. The van der Waals surface area contributed by atoms with Crippen LogP contribution in [0.4, 0.5) is 15.8 Å². The van der Waals surface area contributed by atoms with E-state index in [0.29, 0.717) is 23.5 Å². The van der Waals surface area contributed by atoms with Gasteiger partial charge in [0.05, 0.1) is 0 Å². The predicted molar refractivity (Wildman–Crippen MR) is 82.3 cm³/mol. The summed E-state index contributed by atoms with van der Waals surface area (Å²) < 4.78 is 13.7. The molecule has 0 saturated carbocycles. The highest BCUT2D eigenvalue weighted by Crippen LogP contribution is 2.22. The molecular weight excluding hydrogens is 323 g/mol. The second-order valence-corrected chi connectivity index (χ2v) is 5.21. The Morgan fingerprint density at radius 3 is 2.45 bits per heavy atom. The molecule has 0 spiro atoms. The summed E-state index contributed by atoms with van der Waals surface area (Å²) in [5.74, 6) is -0.504. The van der Waals surface area contributed by atoms with Crippen molar-refractivity contribution >= 4 is 33.2 Å². The second kappa shape index (κ2) is 6.05. The maximum absolute atomic E-state index is 13.0. The van der Waals surface area contributed by atoms with Crippen molar-refractivity contribution in [1.82, 2.24) is 0 Å². The van der Waals surface area contributed by atoms with Crippen molar-refractivity contribution in [3.05, 3.63) is 58.3 Å². The number of rotatable bonds is 3. The Bertz CT molecular complexity index is 608. The second-order valence-electron chi connectivity index (χ2n) is 4.30. The smallest absolute Gasteiger partial charge is 0.258 e. The van der Waals surface area contributed by atoms with Crippen molar-refractivity contribution in [3.63, 3.8) is 0 Å². The van der Waals surface area contributed by atoms with Gasteiger partial charge in [-0.1, -0.05) is 15.9 Å². The number of carbonyl (C=O) groups excluding carboxylic acids is 1. The van der Waals surface area contributed by atoms with Crippen LogP contribution in [0.3, 0.4) is 0 Å². The van der Waals surface area contributed by atoms with Crippen LogP contribution in [-0.2, 0) is 0 Å². The Balaban J connectivity index is 2.36. The minimum atomic E-state index is -0.330. The summed E-state index contributed by atoms with van der Waals surface area (Å²) in [5, 5.41) is 0. The molecule has 1 amide bonds. The minimum Gasteiger partial charge on any atom is -0.399 e. The van der Waals surface area contributed by atoms with Crippen LogP contribution in [0, 0.1) is 5.82 Å². The Morgan fingerprint density at radius 2 is 1.90 bits per heavy atom. The van der Waals surface area contributed by atoms with Crippen LogP contribution < -0.4 is 10.6 Å². The monoisotopic (exact) mass is 336 g/mol. The van der Waals surface area contributed by atoms with Gasteiger partial charge in [0.2, 0.25) is 0 Å². The van der Waals surface area contributed by atoms with Crippen LogP contribution in [0.15, 0.2) is 46.9 Å². The third-order valence-electron chi connectivity index (χ3n) is 2.87. The highest BCUT2D eigenvalue weighted by Gasteiger charge is 2.17. The molecule has 0 unspecified atom stereocenters. The molecule has 0 fully saturated rings. The van der Waals surface area contributed by atoms with E-state index >= 15 is 0 Å². The Hall–Kier alpha value is -1.88. The Morgan fingerprint density at radius 1 is 1.25 bits per heavy atom. The molecule has 2 N–H and O–H groups in total. The number of anilines is 2. The highest BCUT2D eigenvalue weighted by molar-refractivity contribution is 9.10. The molecule has 5 heteroatoms. The highest BCUT2D eigenvalue weighted by atomic mass is 79.9. The average molecular weight is 337 g/mol. The number of halogens is 2. The summed E-state index contributed by atoms with van der Waals surface area (Å²) in [7, 11) is 0. The Labute approximate surface area is 125 Å². The van der Waals surface area contributed by atoms with E-state index < -0.39 is 0 Å². The lowest BCUT2D eigenvalue weighted by Crippen LogP contribution is -2.30. The van der Waals surface area contributed by atoms with Gasteiger partial charge in [0.25, 0.3) is 5.91 Å². The van der Waals surface area contributed by atoms with Gasteiger partial charge in [0.15, 0.2) is 0 Å². The normalized spacial score (nSPS) is 10.3. The fourth-order valence-electron chi connectivity index (χ4n) is 1.96. The molecular formula is C15H14BrFN2O. The third-order valence-corrected chi connectivity index (χ3v) is 3.32. The van der Waals surface area contributed by atoms with E-state index in [4.69, 9.17) is 5.73 Å². The number of nitrogen functional groups attached to an aromatic ring is 1. The maximum Gasteiger partial charge on any atom is 0.258 e. The van der Waals surface area contributed by atoms with Crippen molar-refractivity contribution in [1.29, 1.82) is 0 Å². The molecule has 3 nitrogen and oxygen atoms in total. The van der Waals surface area contributed by atoms with Gasteiger partial charge in [-0.15, -0.1) is 0 Å².